The Balaban J connectivity index is 2.50. The van der Waals surface area contributed by atoms with E-state index in [1.165, 1.54) is 14.0 Å². The van der Waals surface area contributed by atoms with Crippen molar-refractivity contribution in [3.63, 3.8) is 0 Å². The van der Waals surface area contributed by atoms with Crippen LogP contribution in [0.1, 0.15) is 27.2 Å². The summed E-state index contributed by atoms with van der Waals surface area (Å²) in [5, 5.41) is 10.1. The molecular weight excluding hydrogens is 232 g/mol. The molecule has 1 N–H and O–H groups in total. The molecule has 5 nitrogen and oxygen atoms in total. The van der Waals surface area contributed by atoms with Gasteiger partial charge in [-0.1, -0.05) is 13.8 Å². The molecule has 5 heteroatoms. The van der Waals surface area contributed by atoms with Crippen LogP contribution in [0.5, 0.6) is 0 Å². The molecule has 0 bridgehead atoms. The Hall–Kier alpha value is -0.650. The molecule has 0 aromatic rings. The van der Waals surface area contributed by atoms with Gasteiger partial charge in [-0.3, -0.25) is 9.80 Å². The molecule has 1 heterocycles. The number of ether oxygens (including phenoxy) is 1. The van der Waals surface area contributed by atoms with Crippen molar-refractivity contribution in [2.24, 2.45) is 0 Å². The zero-order chi connectivity index (χ0) is 13.8. The number of carbonyl (C=O) groups is 1. The van der Waals surface area contributed by atoms with E-state index in [2.05, 4.69) is 28.4 Å². The standard InChI is InChI=1S/C13H26N2O3/c1-5-15(6-2)11-7-8-14(9-11)10-13(3,17)12(16)18-4/h11,17H,5-10H2,1-4H3. The second kappa shape index (κ2) is 6.50. The Kier molecular flexibility index (Phi) is 5.56. The first-order chi connectivity index (χ1) is 8.44. The lowest BCUT2D eigenvalue weighted by atomic mass is 10.1. The van der Waals surface area contributed by atoms with Crippen LogP contribution in [0.4, 0.5) is 0 Å². The largest absolute Gasteiger partial charge is 0.467 e. The third kappa shape index (κ3) is 3.67. The van der Waals surface area contributed by atoms with Gasteiger partial charge in [0.2, 0.25) is 0 Å². The Morgan fingerprint density at radius 3 is 2.61 bits per heavy atom. The Morgan fingerprint density at radius 1 is 1.50 bits per heavy atom. The number of likely N-dealkylation sites (N-methyl/N-ethyl adjacent to an activating group) is 1. The van der Waals surface area contributed by atoms with E-state index in [4.69, 9.17) is 0 Å². The van der Waals surface area contributed by atoms with Crippen LogP contribution in [0.3, 0.4) is 0 Å². The van der Waals surface area contributed by atoms with E-state index in [0.717, 1.165) is 32.6 Å². The SMILES string of the molecule is CCN(CC)C1CCN(CC(C)(O)C(=O)OC)C1. The van der Waals surface area contributed by atoms with Gasteiger partial charge in [0.25, 0.3) is 0 Å². The van der Waals surface area contributed by atoms with Gasteiger partial charge in [-0.25, -0.2) is 4.79 Å². The highest BCUT2D eigenvalue weighted by molar-refractivity contribution is 5.78. The fourth-order valence-corrected chi connectivity index (χ4v) is 2.71. The summed E-state index contributed by atoms with van der Waals surface area (Å²) in [6.45, 7) is 10.1. The van der Waals surface area contributed by atoms with E-state index in [-0.39, 0.29) is 0 Å². The monoisotopic (exact) mass is 258 g/mol. The lowest BCUT2D eigenvalue weighted by Crippen LogP contribution is -2.47. The number of aliphatic hydroxyl groups is 1. The normalized spacial score (nSPS) is 24.2. The maximum atomic E-state index is 11.4. The van der Waals surface area contributed by atoms with Gasteiger partial charge in [0, 0.05) is 19.1 Å². The molecule has 1 aliphatic rings. The summed E-state index contributed by atoms with van der Waals surface area (Å²) < 4.78 is 4.62. The van der Waals surface area contributed by atoms with E-state index in [0.29, 0.717) is 12.6 Å². The Bertz CT molecular complexity index is 277. The molecule has 0 aromatic heterocycles. The Labute approximate surface area is 110 Å². The lowest BCUT2D eigenvalue weighted by molar-refractivity contribution is -0.162. The van der Waals surface area contributed by atoms with Crippen molar-refractivity contribution in [3.05, 3.63) is 0 Å². The smallest absolute Gasteiger partial charge is 0.338 e. The van der Waals surface area contributed by atoms with Crippen molar-refractivity contribution >= 4 is 5.97 Å². The number of rotatable bonds is 6. The number of hydrogen-bond donors (Lipinski definition) is 1. The number of methoxy groups -OCH3 is 1. The van der Waals surface area contributed by atoms with Crippen molar-refractivity contribution in [2.45, 2.75) is 38.8 Å². The van der Waals surface area contributed by atoms with Gasteiger partial charge in [0.05, 0.1) is 7.11 Å². The summed E-state index contributed by atoms with van der Waals surface area (Å²) in [4.78, 5) is 16.0. The summed E-state index contributed by atoms with van der Waals surface area (Å²) >= 11 is 0. The molecule has 2 atom stereocenters. The van der Waals surface area contributed by atoms with Gasteiger partial charge >= 0.3 is 5.97 Å². The predicted octanol–water partition coefficient (Wildman–Crippen LogP) is 0.327. The lowest BCUT2D eigenvalue weighted by Gasteiger charge is -2.29. The molecule has 106 valence electrons. The highest BCUT2D eigenvalue weighted by Gasteiger charge is 2.36. The van der Waals surface area contributed by atoms with Crippen LogP contribution in [0.25, 0.3) is 0 Å². The van der Waals surface area contributed by atoms with Gasteiger partial charge in [0.15, 0.2) is 5.60 Å². The van der Waals surface area contributed by atoms with Crippen LogP contribution in [0.15, 0.2) is 0 Å². The van der Waals surface area contributed by atoms with Crippen LogP contribution in [0.2, 0.25) is 0 Å². The second-order valence-electron chi connectivity index (χ2n) is 5.16. The number of hydrogen-bond acceptors (Lipinski definition) is 5. The molecule has 0 aliphatic carbocycles. The zero-order valence-corrected chi connectivity index (χ0v) is 12.0. The molecular formula is C13H26N2O3. The van der Waals surface area contributed by atoms with Crippen molar-refractivity contribution in [3.8, 4) is 0 Å². The molecule has 0 radical (unpaired) electrons. The number of esters is 1. The molecule has 1 rings (SSSR count). The number of β-amino-alcohol motifs (C(OH)–C–C–N with tert-alkyl or cyclic N) is 1. The minimum absolute atomic E-state index is 0.345. The molecule has 0 amide bonds. The predicted molar refractivity (Wildman–Crippen MR) is 70.4 cm³/mol. The average Bonchev–Trinajstić information content (AvgIpc) is 2.77. The number of likely N-dealkylation sites (tertiary alicyclic amines) is 1. The maximum absolute atomic E-state index is 11.4. The van der Waals surface area contributed by atoms with E-state index in [1.54, 1.807) is 0 Å². The first kappa shape index (κ1) is 15.4. The highest BCUT2D eigenvalue weighted by Crippen LogP contribution is 2.18. The summed E-state index contributed by atoms with van der Waals surface area (Å²) in [6.07, 6.45) is 1.10. The topological polar surface area (TPSA) is 53.0 Å². The minimum Gasteiger partial charge on any atom is -0.467 e. The highest BCUT2D eigenvalue weighted by atomic mass is 16.5. The first-order valence-electron chi connectivity index (χ1n) is 6.71. The molecule has 1 fully saturated rings. The molecule has 1 saturated heterocycles. The fraction of sp³-hybridized carbons (Fsp3) is 0.923. The van der Waals surface area contributed by atoms with E-state index >= 15 is 0 Å². The first-order valence-corrected chi connectivity index (χ1v) is 6.71. The Morgan fingerprint density at radius 2 is 2.11 bits per heavy atom. The average molecular weight is 258 g/mol. The van der Waals surface area contributed by atoms with E-state index in [1.807, 2.05) is 0 Å². The molecule has 0 aromatic carbocycles. The fourth-order valence-electron chi connectivity index (χ4n) is 2.71. The van der Waals surface area contributed by atoms with Crippen molar-refractivity contribution in [2.75, 3.05) is 39.8 Å². The van der Waals surface area contributed by atoms with E-state index < -0.39 is 11.6 Å². The molecule has 0 spiro atoms. The number of carbonyl (C=O) groups excluding carboxylic acids is 1. The van der Waals surface area contributed by atoms with Gasteiger partial charge in [-0.05, 0) is 33.0 Å². The minimum atomic E-state index is -1.41. The van der Waals surface area contributed by atoms with Gasteiger partial charge in [0.1, 0.15) is 0 Å². The third-order valence-electron chi connectivity index (χ3n) is 3.73. The number of nitrogens with zero attached hydrogens (tertiary/aromatic N) is 2. The quantitative estimate of drug-likeness (QED) is 0.696. The molecule has 2 unspecified atom stereocenters. The third-order valence-corrected chi connectivity index (χ3v) is 3.73. The second-order valence-corrected chi connectivity index (χ2v) is 5.16. The van der Waals surface area contributed by atoms with Crippen molar-refractivity contribution in [1.29, 1.82) is 0 Å². The van der Waals surface area contributed by atoms with Crippen LogP contribution in [0, 0.1) is 0 Å². The molecule has 0 saturated carbocycles. The summed E-state index contributed by atoms with van der Waals surface area (Å²) in [7, 11) is 1.31. The van der Waals surface area contributed by atoms with Gasteiger partial charge < -0.3 is 9.84 Å². The van der Waals surface area contributed by atoms with Crippen LogP contribution < -0.4 is 0 Å². The summed E-state index contributed by atoms with van der Waals surface area (Å²) in [5.74, 6) is -0.561. The summed E-state index contributed by atoms with van der Waals surface area (Å²) in [6, 6.07) is 0.536. The molecule has 18 heavy (non-hydrogen) atoms. The van der Waals surface area contributed by atoms with E-state index in [9.17, 15) is 9.90 Å². The molecule has 1 aliphatic heterocycles. The zero-order valence-electron chi connectivity index (χ0n) is 12.0. The van der Waals surface area contributed by atoms with Crippen molar-refractivity contribution in [1.82, 2.24) is 9.80 Å². The van der Waals surface area contributed by atoms with Gasteiger partial charge in [-0.2, -0.15) is 0 Å². The van der Waals surface area contributed by atoms with Crippen molar-refractivity contribution < 1.29 is 14.6 Å². The van der Waals surface area contributed by atoms with Crippen LogP contribution in [-0.4, -0.2) is 72.4 Å². The van der Waals surface area contributed by atoms with Gasteiger partial charge in [-0.15, -0.1) is 0 Å². The maximum Gasteiger partial charge on any atom is 0.338 e. The van der Waals surface area contributed by atoms with Crippen LogP contribution in [-0.2, 0) is 9.53 Å². The summed E-state index contributed by atoms with van der Waals surface area (Å²) in [5.41, 5.74) is -1.41. The van der Waals surface area contributed by atoms with Crippen LogP contribution >= 0.6 is 0 Å².